The summed E-state index contributed by atoms with van der Waals surface area (Å²) in [5, 5.41) is 12.1. The van der Waals surface area contributed by atoms with Crippen molar-refractivity contribution in [3.8, 4) is 0 Å². The van der Waals surface area contributed by atoms with Crippen LogP contribution < -0.4 is 5.32 Å². The summed E-state index contributed by atoms with van der Waals surface area (Å²) >= 11 is 10.2. The normalized spacial score (nSPS) is 10.1. The second kappa shape index (κ2) is 4.90. The maximum absolute atomic E-state index is 11.7. The van der Waals surface area contributed by atoms with Crippen molar-refractivity contribution < 1.29 is 4.79 Å². The molecule has 0 aliphatic heterocycles. The summed E-state index contributed by atoms with van der Waals surface area (Å²) in [7, 11) is 0. The third-order valence-electron chi connectivity index (χ3n) is 1.70. The zero-order chi connectivity index (χ0) is 11.5. The summed E-state index contributed by atoms with van der Waals surface area (Å²) in [5.74, 6) is 0.146. The van der Waals surface area contributed by atoms with Gasteiger partial charge in [-0.15, -0.1) is 21.5 Å². The van der Waals surface area contributed by atoms with Crippen molar-refractivity contribution in [3.05, 3.63) is 38.1 Å². The topological polar surface area (TPSA) is 54.9 Å². The summed E-state index contributed by atoms with van der Waals surface area (Å²) in [6.07, 6.45) is 0. The van der Waals surface area contributed by atoms with Gasteiger partial charge in [-0.3, -0.25) is 4.79 Å². The SMILES string of the molecule is O=C(Nc1ccc(Cl)nn1)c1sccc1Br. The first-order valence-corrected chi connectivity index (χ1v) is 6.25. The molecule has 0 atom stereocenters. The summed E-state index contributed by atoms with van der Waals surface area (Å²) < 4.78 is 0.761. The molecule has 0 saturated heterocycles. The molecule has 2 rings (SSSR count). The van der Waals surface area contributed by atoms with E-state index in [1.165, 1.54) is 11.3 Å². The zero-order valence-corrected chi connectivity index (χ0v) is 10.9. The van der Waals surface area contributed by atoms with Gasteiger partial charge in [-0.25, -0.2) is 0 Å². The lowest BCUT2D eigenvalue weighted by Gasteiger charge is -2.01. The van der Waals surface area contributed by atoms with E-state index in [0.29, 0.717) is 10.7 Å². The number of rotatable bonds is 2. The Morgan fingerprint density at radius 2 is 2.19 bits per heavy atom. The van der Waals surface area contributed by atoms with Crippen molar-refractivity contribution >= 4 is 50.6 Å². The van der Waals surface area contributed by atoms with E-state index in [1.807, 2.05) is 11.4 Å². The Hall–Kier alpha value is -0.980. The molecule has 2 heterocycles. The van der Waals surface area contributed by atoms with Gasteiger partial charge < -0.3 is 5.32 Å². The fraction of sp³-hybridized carbons (Fsp3) is 0. The number of carbonyl (C=O) groups is 1. The summed E-state index contributed by atoms with van der Waals surface area (Å²) in [4.78, 5) is 12.3. The Morgan fingerprint density at radius 1 is 1.38 bits per heavy atom. The number of anilines is 1. The van der Waals surface area contributed by atoms with Crippen LogP contribution in [-0.4, -0.2) is 16.1 Å². The molecule has 0 fully saturated rings. The van der Waals surface area contributed by atoms with E-state index in [1.54, 1.807) is 12.1 Å². The number of thiophene rings is 1. The van der Waals surface area contributed by atoms with Crippen molar-refractivity contribution in [1.29, 1.82) is 0 Å². The molecule has 16 heavy (non-hydrogen) atoms. The molecule has 0 bridgehead atoms. The second-order valence-electron chi connectivity index (χ2n) is 2.79. The standard InChI is InChI=1S/C9H5BrClN3OS/c10-5-3-4-16-8(5)9(15)12-7-2-1-6(11)13-14-7/h1-4H,(H,12,14,15). The lowest BCUT2D eigenvalue weighted by molar-refractivity contribution is 0.102. The Morgan fingerprint density at radius 3 is 2.75 bits per heavy atom. The molecule has 4 nitrogen and oxygen atoms in total. The molecule has 1 amide bonds. The van der Waals surface area contributed by atoms with E-state index in [9.17, 15) is 4.79 Å². The minimum Gasteiger partial charge on any atom is -0.304 e. The molecule has 2 aromatic rings. The van der Waals surface area contributed by atoms with Crippen LogP contribution >= 0.6 is 38.9 Å². The average molecular weight is 319 g/mol. The van der Waals surface area contributed by atoms with Crippen LogP contribution in [0.2, 0.25) is 5.15 Å². The fourth-order valence-corrected chi connectivity index (χ4v) is 2.56. The smallest absolute Gasteiger partial charge is 0.268 e. The Bertz CT molecular complexity index is 514. The van der Waals surface area contributed by atoms with E-state index < -0.39 is 0 Å². The van der Waals surface area contributed by atoms with E-state index in [0.717, 1.165) is 4.47 Å². The average Bonchev–Trinajstić information content (AvgIpc) is 2.68. The van der Waals surface area contributed by atoms with Crippen LogP contribution in [0.15, 0.2) is 28.1 Å². The third-order valence-corrected chi connectivity index (χ3v) is 3.74. The molecule has 82 valence electrons. The van der Waals surface area contributed by atoms with E-state index in [2.05, 4.69) is 31.4 Å². The monoisotopic (exact) mass is 317 g/mol. The number of hydrogen-bond donors (Lipinski definition) is 1. The van der Waals surface area contributed by atoms with Gasteiger partial charge in [0.1, 0.15) is 4.88 Å². The molecule has 2 aromatic heterocycles. The zero-order valence-electron chi connectivity index (χ0n) is 7.78. The fourth-order valence-electron chi connectivity index (χ4n) is 1.01. The van der Waals surface area contributed by atoms with Gasteiger partial charge in [0.15, 0.2) is 11.0 Å². The summed E-state index contributed by atoms with van der Waals surface area (Å²) in [6, 6.07) is 4.97. The van der Waals surface area contributed by atoms with Gasteiger partial charge in [0.05, 0.1) is 0 Å². The van der Waals surface area contributed by atoms with Crippen LogP contribution in [0.5, 0.6) is 0 Å². The molecule has 0 unspecified atom stereocenters. The molecule has 7 heteroatoms. The first-order chi connectivity index (χ1) is 7.66. The summed E-state index contributed by atoms with van der Waals surface area (Å²) in [6.45, 7) is 0. The summed E-state index contributed by atoms with van der Waals surface area (Å²) in [5.41, 5.74) is 0. The second-order valence-corrected chi connectivity index (χ2v) is 4.95. The minimum atomic E-state index is -0.224. The van der Waals surface area contributed by atoms with Gasteiger partial charge in [0, 0.05) is 4.47 Å². The molecule has 0 spiro atoms. The van der Waals surface area contributed by atoms with Crippen LogP contribution in [0.25, 0.3) is 0 Å². The van der Waals surface area contributed by atoms with Crippen molar-refractivity contribution in [2.24, 2.45) is 0 Å². The number of hydrogen-bond acceptors (Lipinski definition) is 4. The Balaban J connectivity index is 2.14. The molecule has 0 radical (unpaired) electrons. The number of nitrogens with zero attached hydrogens (tertiary/aromatic N) is 2. The molecule has 0 saturated carbocycles. The Labute approximate surface area is 109 Å². The van der Waals surface area contributed by atoms with Gasteiger partial charge in [-0.1, -0.05) is 11.6 Å². The van der Waals surface area contributed by atoms with Crippen LogP contribution in [0.3, 0.4) is 0 Å². The van der Waals surface area contributed by atoms with Gasteiger partial charge in [0.25, 0.3) is 5.91 Å². The maximum atomic E-state index is 11.7. The number of carbonyl (C=O) groups excluding carboxylic acids is 1. The minimum absolute atomic E-state index is 0.224. The van der Waals surface area contributed by atoms with Crippen LogP contribution in [-0.2, 0) is 0 Å². The van der Waals surface area contributed by atoms with E-state index in [-0.39, 0.29) is 11.1 Å². The highest BCUT2D eigenvalue weighted by atomic mass is 79.9. The van der Waals surface area contributed by atoms with Gasteiger partial charge in [0.2, 0.25) is 0 Å². The first kappa shape index (κ1) is 11.5. The number of nitrogens with one attached hydrogen (secondary N) is 1. The first-order valence-electron chi connectivity index (χ1n) is 4.20. The highest BCUT2D eigenvalue weighted by Gasteiger charge is 2.12. The Kier molecular flexibility index (Phi) is 3.52. The quantitative estimate of drug-likeness (QED) is 0.925. The van der Waals surface area contributed by atoms with Gasteiger partial charge in [-0.05, 0) is 39.5 Å². The van der Waals surface area contributed by atoms with Gasteiger partial charge >= 0.3 is 0 Å². The number of aromatic nitrogens is 2. The van der Waals surface area contributed by atoms with Crippen LogP contribution in [0.4, 0.5) is 5.82 Å². The van der Waals surface area contributed by atoms with Crippen molar-refractivity contribution in [3.63, 3.8) is 0 Å². The van der Waals surface area contributed by atoms with Gasteiger partial charge in [-0.2, -0.15) is 0 Å². The molecular formula is C9H5BrClN3OS. The molecular weight excluding hydrogens is 314 g/mol. The van der Waals surface area contributed by atoms with Crippen molar-refractivity contribution in [1.82, 2.24) is 10.2 Å². The molecule has 0 aliphatic carbocycles. The number of amides is 1. The van der Waals surface area contributed by atoms with E-state index >= 15 is 0 Å². The van der Waals surface area contributed by atoms with E-state index in [4.69, 9.17) is 11.6 Å². The third kappa shape index (κ3) is 2.58. The van der Waals surface area contributed by atoms with Crippen LogP contribution in [0.1, 0.15) is 9.67 Å². The van der Waals surface area contributed by atoms with Crippen molar-refractivity contribution in [2.75, 3.05) is 5.32 Å². The predicted octanol–water partition coefficient (Wildman–Crippen LogP) is 3.21. The largest absolute Gasteiger partial charge is 0.304 e. The predicted molar refractivity (Wildman–Crippen MR) is 67.0 cm³/mol. The maximum Gasteiger partial charge on any atom is 0.268 e. The highest BCUT2D eigenvalue weighted by Crippen LogP contribution is 2.23. The highest BCUT2D eigenvalue weighted by molar-refractivity contribution is 9.10. The van der Waals surface area contributed by atoms with Crippen molar-refractivity contribution in [2.45, 2.75) is 0 Å². The number of halogens is 2. The lowest BCUT2D eigenvalue weighted by Crippen LogP contribution is -2.12. The molecule has 0 aromatic carbocycles. The lowest BCUT2D eigenvalue weighted by atomic mass is 10.4. The molecule has 1 N–H and O–H groups in total. The van der Waals surface area contributed by atoms with Crippen LogP contribution in [0, 0.1) is 0 Å². The molecule has 0 aliphatic rings.